The summed E-state index contributed by atoms with van der Waals surface area (Å²) in [6.45, 7) is 7.19. The van der Waals surface area contributed by atoms with Crippen molar-refractivity contribution in [2.24, 2.45) is 0 Å². The molecule has 0 aliphatic rings. The molecule has 0 saturated carbocycles. The van der Waals surface area contributed by atoms with Gasteiger partial charge in [-0.25, -0.2) is 0 Å². The summed E-state index contributed by atoms with van der Waals surface area (Å²) in [5.74, 6) is 0. The topological polar surface area (TPSA) is 9.23 Å². The Hall–Kier alpha value is -1.87. The van der Waals surface area contributed by atoms with Crippen LogP contribution < -0.4 is 21.2 Å². The molecule has 35 heavy (non-hydrogen) atoms. The zero-order valence-electron chi connectivity index (χ0n) is 20.8. The summed E-state index contributed by atoms with van der Waals surface area (Å²) in [5, 5.41) is 5.96. The van der Waals surface area contributed by atoms with Gasteiger partial charge < -0.3 is 4.74 Å². The second-order valence-corrected chi connectivity index (χ2v) is 15.6. The summed E-state index contributed by atoms with van der Waals surface area (Å²) in [6.07, 6.45) is 0. The normalized spacial score (nSPS) is 13.7. The van der Waals surface area contributed by atoms with Gasteiger partial charge in [0.1, 0.15) is 0 Å². The lowest BCUT2D eigenvalue weighted by molar-refractivity contribution is -0.00103. The predicted molar refractivity (Wildman–Crippen MR) is 161 cm³/mol. The molecule has 0 amide bonds. The predicted octanol–water partition coefficient (Wildman–Crippen LogP) is 6.64. The molecular weight excluding hydrogens is 481 g/mol. The van der Waals surface area contributed by atoms with E-state index in [9.17, 15) is 0 Å². The lowest BCUT2D eigenvalue weighted by atomic mass is 10.2. The molecule has 4 aromatic carbocycles. The SMILES string of the molecule is CC(C)(C)OCC([C@H](P)P(c1ccccc1)c1ccccc1)P(c1ccccc1)c1ccccc1. The van der Waals surface area contributed by atoms with Crippen molar-refractivity contribution in [3.63, 3.8) is 0 Å². The van der Waals surface area contributed by atoms with Gasteiger partial charge in [0.15, 0.2) is 0 Å². The third kappa shape index (κ3) is 7.09. The fraction of sp³-hybridized carbons (Fsp3) is 0.226. The maximum absolute atomic E-state index is 6.57. The minimum absolute atomic E-state index is 0.195. The second-order valence-electron chi connectivity index (χ2n) is 9.56. The van der Waals surface area contributed by atoms with E-state index in [-0.39, 0.29) is 5.60 Å². The fourth-order valence-corrected chi connectivity index (χ4v) is 11.7. The Bertz CT molecular complexity index is 1070. The Morgan fingerprint density at radius 1 is 0.571 bits per heavy atom. The monoisotopic (exact) mass is 516 g/mol. The van der Waals surface area contributed by atoms with Gasteiger partial charge in [-0.15, -0.1) is 9.24 Å². The standard InChI is InChI=1S/C31H35OP3/c1-31(2,3)32-24-29(34(25-16-8-4-9-17-25)26-18-10-5-11-19-26)30(33)35(27-20-12-6-13-21-27)28-22-14-7-15-23-28/h4-23,29-30H,24,33H2,1-3H3/t29?,30-/m1/s1. The van der Waals surface area contributed by atoms with Gasteiger partial charge in [-0.2, -0.15) is 0 Å². The lowest BCUT2D eigenvalue weighted by Crippen LogP contribution is -2.37. The number of hydrogen-bond donors (Lipinski definition) is 0. The molecule has 0 aliphatic heterocycles. The van der Waals surface area contributed by atoms with Crippen molar-refractivity contribution in [3.05, 3.63) is 121 Å². The molecule has 0 N–H and O–H groups in total. The molecule has 0 radical (unpaired) electrons. The van der Waals surface area contributed by atoms with E-state index in [1.54, 1.807) is 0 Å². The molecule has 2 unspecified atom stereocenters. The number of ether oxygens (including phenoxy) is 1. The summed E-state index contributed by atoms with van der Waals surface area (Å²) >= 11 is 0. The molecule has 1 nitrogen and oxygen atoms in total. The van der Waals surface area contributed by atoms with Crippen LogP contribution in [0.15, 0.2) is 121 Å². The molecule has 4 rings (SSSR count). The fourth-order valence-electron chi connectivity index (χ4n) is 4.21. The van der Waals surface area contributed by atoms with E-state index in [0.29, 0.717) is 17.7 Å². The maximum Gasteiger partial charge on any atom is 0.0598 e. The Kier molecular flexibility index (Phi) is 9.27. The Morgan fingerprint density at radius 3 is 1.20 bits per heavy atom. The quantitative estimate of drug-likeness (QED) is 0.227. The van der Waals surface area contributed by atoms with Crippen molar-refractivity contribution in [2.45, 2.75) is 37.4 Å². The summed E-state index contributed by atoms with van der Waals surface area (Å²) in [6, 6.07) is 44.2. The first-order valence-corrected chi connectivity index (χ1v) is 15.6. The van der Waals surface area contributed by atoms with Gasteiger partial charge in [0.25, 0.3) is 0 Å². The molecule has 0 saturated heterocycles. The van der Waals surface area contributed by atoms with Crippen LogP contribution in [0.5, 0.6) is 0 Å². The number of rotatable bonds is 9. The van der Waals surface area contributed by atoms with E-state index >= 15 is 0 Å². The van der Waals surface area contributed by atoms with Crippen LogP contribution in [0.3, 0.4) is 0 Å². The summed E-state index contributed by atoms with van der Waals surface area (Å²) < 4.78 is 6.57. The maximum atomic E-state index is 6.57. The minimum Gasteiger partial charge on any atom is -0.375 e. The molecule has 0 aliphatic carbocycles. The van der Waals surface area contributed by atoms with Crippen LogP contribution in [0.1, 0.15) is 20.8 Å². The van der Waals surface area contributed by atoms with Crippen LogP contribution in [0.2, 0.25) is 0 Å². The molecule has 0 heterocycles. The van der Waals surface area contributed by atoms with E-state index in [0.717, 1.165) is 0 Å². The molecule has 3 atom stereocenters. The minimum atomic E-state index is -0.650. The van der Waals surface area contributed by atoms with Crippen LogP contribution in [0, 0.1) is 0 Å². The zero-order valence-corrected chi connectivity index (χ0v) is 23.7. The average molecular weight is 517 g/mol. The van der Waals surface area contributed by atoms with E-state index in [2.05, 4.69) is 151 Å². The van der Waals surface area contributed by atoms with Crippen molar-refractivity contribution in [2.75, 3.05) is 6.61 Å². The lowest BCUT2D eigenvalue weighted by Gasteiger charge is -2.39. The van der Waals surface area contributed by atoms with Crippen LogP contribution >= 0.6 is 25.1 Å². The van der Waals surface area contributed by atoms with Gasteiger partial charge in [0, 0.05) is 11.1 Å². The van der Waals surface area contributed by atoms with Gasteiger partial charge in [-0.1, -0.05) is 121 Å². The Morgan fingerprint density at radius 2 is 0.886 bits per heavy atom. The highest BCUT2D eigenvalue weighted by Gasteiger charge is 2.36. The average Bonchev–Trinajstić information content (AvgIpc) is 2.88. The molecule has 4 heteroatoms. The molecular formula is C31H35OP3. The van der Waals surface area contributed by atoms with E-state index in [4.69, 9.17) is 4.74 Å². The van der Waals surface area contributed by atoms with Gasteiger partial charge in [-0.3, -0.25) is 0 Å². The van der Waals surface area contributed by atoms with Gasteiger partial charge >= 0.3 is 0 Å². The van der Waals surface area contributed by atoms with Gasteiger partial charge in [0.2, 0.25) is 0 Å². The van der Waals surface area contributed by atoms with Gasteiger partial charge in [-0.05, 0) is 57.8 Å². The van der Waals surface area contributed by atoms with E-state index < -0.39 is 15.8 Å². The van der Waals surface area contributed by atoms with Crippen molar-refractivity contribution < 1.29 is 4.74 Å². The van der Waals surface area contributed by atoms with Crippen molar-refractivity contribution in [1.82, 2.24) is 0 Å². The highest BCUT2D eigenvalue weighted by atomic mass is 31.2. The molecule has 0 spiro atoms. The van der Waals surface area contributed by atoms with E-state index in [1.807, 2.05) is 0 Å². The smallest absolute Gasteiger partial charge is 0.0598 e. The van der Waals surface area contributed by atoms with Crippen molar-refractivity contribution >= 4 is 46.3 Å². The van der Waals surface area contributed by atoms with Crippen LogP contribution in [-0.4, -0.2) is 23.3 Å². The largest absolute Gasteiger partial charge is 0.375 e. The summed E-state index contributed by atoms with van der Waals surface area (Å²) in [5.41, 5.74) is 0.129. The van der Waals surface area contributed by atoms with Crippen molar-refractivity contribution in [3.8, 4) is 0 Å². The molecule has 0 bridgehead atoms. The third-order valence-corrected chi connectivity index (χ3v) is 13.3. The first kappa shape index (κ1) is 26.2. The van der Waals surface area contributed by atoms with Crippen LogP contribution in [0.25, 0.3) is 0 Å². The first-order chi connectivity index (χ1) is 16.9. The third-order valence-electron chi connectivity index (χ3n) is 5.85. The molecule has 4 aromatic rings. The van der Waals surface area contributed by atoms with E-state index in [1.165, 1.54) is 21.2 Å². The number of benzene rings is 4. The summed E-state index contributed by atoms with van der Waals surface area (Å²) in [4.78, 5) is 0. The molecule has 0 fully saturated rings. The summed E-state index contributed by atoms with van der Waals surface area (Å²) in [7, 11) is 2.02. The van der Waals surface area contributed by atoms with Gasteiger partial charge in [0.05, 0.1) is 12.2 Å². The first-order valence-electron chi connectivity index (χ1n) is 12.1. The second kappa shape index (κ2) is 12.4. The Labute approximate surface area is 216 Å². The van der Waals surface area contributed by atoms with Crippen molar-refractivity contribution in [1.29, 1.82) is 0 Å². The highest BCUT2D eigenvalue weighted by Crippen LogP contribution is 2.54. The highest BCUT2D eigenvalue weighted by molar-refractivity contribution is 7.81. The Balaban J connectivity index is 1.84. The van der Waals surface area contributed by atoms with Crippen LogP contribution in [-0.2, 0) is 4.74 Å². The van der Waals surface area contributed by atoms with Crippen LogP contribution in [0.4, 0.5) is 0 Å². The molecule has 0 aromatic heterocycles. The zero-order chi connectivity index (χ0) is 24.7. The number of hydrogen-bond acceptors (Lipinski definition) is 1. The molecule has 180 valence electrons.